The van der Waals surface area contributed by atoms with E-state index in [1.54, 1.807) is 22.7 Å². The summed E-state index contributed by atoms with van der Waals surface area (Å²) in [4.78, 5) is 17.4. The highest BCUT2D eigenvalue weighted by atomic mass is 32.1. The van der Waals surface area contributed by atoms with Crippen LogP contribution in [0.25, 0.3) is 91.6 Å². The zero-order chi connectivity index (χ0) is 53.5. The van der Waals surface area contributed by atoms with Crippen molar-refractivity contribution < 1.29 is 18.9 Å². The molecule has 0 unspecified atom stereocenters. The van der Waals surface area contributed by atoms with Gasteiger partial charge in [-0.25, -0.2) is 0 Å². The molecule has 404 valence electrons. The summed E-state index contributed by atoms with van der Waals surface area (Å²) >= 11 is 14.6. The highest BCUT2D eigenvalue weighted by Crippen LogP contribution is 2.51. The summed E-state index contributed by atoms with van der Waals surface area (Å²) in [7, 11) is 0. The summed E-state index contributed by atoms with van der Waals surface area (Å²) < 4.78 is 25.5. The van der Waals surface area contributed by atoms with E-state index in [1.807, 2.05) is 68.0 Å². The summed E-state index contributed by atoms with van der Waals surface area (Å²) in [6.07, 6.45) is 18.2. The van der Waals surface area contributed by atoms with Gasteiger partial charge in [-0.2, -0.15) is 0 Å². The second kappa shape index (κ2) is 28.4. The lowest BCUT2D eigenvalue weighted by atomic mass is 10.1. The Hall–Kier alpha value is -5.02. The molecule has 0 amide bonds. The molecule has 0 atom stereocenters. The molecule has 0 saturated carbocycles. The normalized spacial score (nSPS) is 11.6. The third-order valence-electron chi connectivity index (χ3n) is 13.3. The highest BCUT2D eigenvalue weighted by molar-refractivity contribution is 7.30. The van der Waals surface area contributed by atoms with Gasteiger partial charge in [-0.15, -0.1) is 90.7 Å². The maximum atomic E-state index is 6.55. The van der Waals surface area contributed by atoms with Crippen molar-refractivity contribution in [2.24, 2.45) is 0 Å². The first kappa shape index (κ1) is 56.3. The average Bonchev–Trinajstić information content (AvgIpc) is 4.33. The summed E-state index contributed by atoms with van der Waals surface area (Å²) in [5.74, 6) is 3.97. The molecule has 0 aliphatic heterocycles. The second-order valence-corrected chi connectivity index (χ2v) is 27.6. The van der Waals surface area contributed by atoms with Crippen LogP contribution in [-0.2, 0) is 0 Å². The smallest absolute Gasteiger partial charge is 0.139 e. The molecule has 78 heavy (non-hydrogen) atoms. The molecule has 10 rings (SSSR count). The Morgan fingerprint density at radius 2 is 0.603 bits per heavy atom. The third kappa shape index (κ3) is 14.3. The molecule has 0 aliphatic carbocycles. The van der Waals surface area contributed by atoms with Crippen LogP contribution in [0.1, 0.15) is 116 Å². The standard InChI is InChI=1S/C66H68O4S8/c1-5-9-13-37-67-49-35-41-71-63(49)57-31-27-53(73-57)55-29-33-59(75-55)65-51(69-39-15-11-7-3)43-61(77-65)47-23-19-45(20-24-47)17-18-46-21-25-48(26-22-46)62-44-52(70-40-16-12-8-4)66(78-62)60-34-30-56(76-60)54-28-32-58(74-54)64-50(36-42-72-64)68-38-14-10-6-2/h17-36,41-44H,5-16,37-40H2,1-4H3/b18-17+. The van der Waals surface area contributed by atoms with Gasteiger partial charge < -0.3 is 18.9 Å². The quantitative estimate of drug-likeness (QED) is 0.0332. The van der Waals surface area contributed by atoms with Crippen molar-refractivity contribution >= 4 is 103 Å². The van der Waals surface area contributed by atoms with Crippen LogP contribution in [0, 0.1) is 0 Å². The maximum absolute atomic E-state index is 6.55. The second-order valence-electron chi connectivity index (χ2n) is 19.3. The predicted molar refractivity (Wildman–Crippen MR) is 348 cm³/mol. The van der Waals surface area contributed by atoms with Gasteiger partial charge in [0.2, 0.25) is 0 Å². The van der Waals surface area contributed by atoms with Gasteiger partial charge in [0.25, 0.3) is 0 Å². The lowest BCUT2D eigenvalue weighted by Gasteiger charge is -2.05. The van der Waals surface area contributed by atoms with E-state index in [-0.39, 0.29) is 0 Å². The number of hydrogen-bond acceptors (Lipinski definition) is 12. The molecular formula is C66H68O4S8. The summed E-state index contributed by atoms with van der Waals surface area (Å²) in [6, 6.07) is 44.7. The predicted octanol–water partition coefficient (Wildman–Crippen LogP) is 24.0. The molecule has 8 aromatic heterocycles. The van der Waals surface area contributed by atoms with E-state index in [0.717, 1.165) is 86.2 Å². The Labute approximate surface area is 494 Å². The molecule has 0 aliphatic rings. The van der Waals surface area contributed by atoms with Gasteiger partial charge in [0.15, 0.2) is 0 Å². The highest BCUT2D eigenvalue weighted by Gasteiger charge is 2.21. The zero-order valence-corrected chi connectivity index (χ0v) is 51.6. The Bertz CT molecular complexity index is 3210. The molecule has 8 heterocycles. The summed E-state index contributed by atoms with van der Waals surface area (Å²) in [5.41, 5.74) is 4.72. The largest absolute Gasteiger partial charge is 0.492 e. The molecule has 0 spiro atoms. The Balaban J connectivity index is 0.810. The zero-order valence-electron chi connectivity index (χ0n) is 45.1. The summed E-state index contributed by atoms with van der Waals surface area (Å²) in [6.45, 7) is 11.9. The first-order valence-corrected chi connectivity index (χ1v) is 34.4. The molecule has 0 saturated heterocycles. The number of hydrogen-bond donors (Lipinski definition) is 0. The first-order valence-electron chi connectivity index (χ1n) is 27.7. The Morgan fingerprint density at radius 3 is 0.936 bits per heavy atom. The van der Waals surface area contributed by atoms with Crippen LogP contribution in [0.3, 0.4) is 0 Å². The van der Waals surface area contributed by atoms with Gasteiger partial charge in [0.1, 0.15) is 23.0 Å². The molecule has 4 nitrogen and oxygen atoms in total. The fraction of sp³-hybridized carbons (Fsp3) is 0.303. The van der Waals surface area contributed by atoms with Gasteiger partial charge >= 0.3 is 0 Å². The van der Waals surface area contributed by atoms with Gasteiger partial charge in [-0.1, -0.05) is 140 Å². The van der Waals surface area contributed by atoms with Crippen molar-refractivity contribution in [3.8, 4) is 102 Å². The van der Waals surface area contributed by atoms with Crippen LogP contribution in [-0.4, -0.2) is 26.4 Å². The lowest BCUT2D eigenvalue weighted by molar-refractivity contribution is 0.308. The van der Waals surface area contributed by atoms with Gasteiger partial charge in [0.05, 0.1) is 45.9 Å². The molecule has 0 bridgehead atoms. The SMILES string of the molecule is CCCCCOc1ccsc1-c1ccc(-c2ccc(-c3sc(-c4ccc(/C=C/c5ccc(-c6cc(OCCCCC)c(-c7ccc(-c8ccc(-c9sccc9OCCCCC)s8)s7)s6)cc5)cc4)cc3OCCCCC)s2)s1. The molecule has 2 aromatic carbocycles. The average molecular weight is 1180 g/mol. The molecule has 12 heteroatoms. The molecule has 0 radical (unpaired) electrons. The van der Waals surface area contributed by atoms with Crippen LogP contribution in [0.4, 0.5) is 0 Å². The topological polar surface area (TPSA) is 36.9 Å². The summed E-state index contributed by atoms with van der Waals surface area (Å²) in [5, 5.41) is 4.29. The van der Waals surface area contributed by atoms with E-state index >= 15 is 0 Å². The van der Waals surface area contributed by atoms with Crippen LogP contribution in [0.2, 0.25) is 0 Å². The molecule has 10 aromatic rings. The van der Waals surface area contributed by atoms with Crippen molar-refractivity contribution in [1.29, 1.82) is 0 Å². The van der Waals surface area contributed by atoms with E-state index in [1.165, 1.54) is 131 Å². The fourth-order valence-corrected chi connectivity index (χ4v) is 17.6. The van der Waals surface area contributed by atoms with Gasteiger partial charge in [-0.3, -0.25) is 0 Å². The number of thiophene rings is 8. The van der Waals surface area contributed by atoms with Crippen molar-refractivity contribution in [1.82, 2.24) is 0 Å². The van der Waals surface area contributed by atoms with Crippen molar-refractivity contribution in [3.63, 3.8) is 0 Å². The van der Waals surface area contributed by atoms with Crippen LogP contribution in [0.5, 0.6) is 23.0 Å². The molecule has 0 N–H and O–H groups in total. The van der Waals surface area contributed by atoms with Gasteiger partial charge in [0, 0.05) is 48.8 Å². The number of rotatable bonds is 30. The molecular weight excluding hydrogens is 1110 g/mol. The lowest BCUT2D eigenvalue weighted by Crippen LogP contribution is -1.96. The maximum Gasteiger partial charge on any atom is 0.139 e. The third-order valence-corrected chi connectivity index (χ3v) is 22.9. The monoisotopic (exact) mass is 1180 g/mol. The van der Waals surface area contributed by atoms with Crippen LogP contribution in [0.15, 0.2) is 132 Å². The minimum Gasteiger partial charge on any atom is -0.492 e. The van der Waals surface area contributed by atoms with E-state index in [0.29, 0.717) is 0 Å². The van der Waals surface area contributed by atoms with E-state index in [2.05, 4.69) is 172 Å². The first-order chi connectivity index (χ1) is 38.5. The van der Waals surface area contributed by atoms with Gasteiger partial charge in [-0.05, 0) is 131 Å². The Kier molecular flexibility index (Phi) is 20.5. The number of benzene rings is 2. The molecule has 0 fully saturated rings. The van der Waals surface area contributed by atoms with Crippen LogP contribution < -0.4 is 18.9 Å². The van der Waals surface area contributed by atoms with Crippen molar-refractivity contribution in [2.75, 3.05) is 26.4 Å². The fourth-order valence-electron chi connectivity index (χ4n) is 8.99. The van der Waals surface area contributed by atoms with Crippen molar-refractivity contribution in [3.05, 3.63) is 143 Å². The minimum absolute atomic E-state index is 0.724. The van der Waals surface area contributed by atoms with Crippen LogP contribution >= 0.6 is 90.7 Å². The van der Waals surface area contributed by atoms with E-state index < -0.39 is 0 Å². The van der Waals surface area contributed by atoms with Crippen molar-refractivity contribution in [2.45, 2.75) is 105 Å². The Morgan fingerprint density at radius 1 is 0.295 bits per heavy atom. The minimum atomic E-state index is 0.724. The van der Waals surface area contributed by atoms with E-state index in [4.69, 9.17) is 18.9 Å². The number of ether oxygens (including phenoxy) is 4. The van der Waals surface area contributed by atoms with E-state index in [9.17, 15) is 0 Å². The number of unbranched alkanes of at least 4 members (excludes halogenated alkanes) is 8.